The van der Waals surface area contributed by atoms with Crippen LogP contribution in [0.1, 0.15) is 45.4 Å². The fraction of sp³-hybridized carbons (Fsp3) is 0.857. The number of nitrogens with zero attached hydrogens (tertiary/aromatic N) is 1. The Kier molecular flexibility index (Phi) is 4.60. The van der Waals surface area contributed by atoms with Crippen molar-refractivity contribution in [2.45, 2.75) is 57.5 Å². The van der Waals surface area contributed by atoms with Gasteiger partial charge in [-0.25, -0.2) is 0 Å². The minimum atomic E-state index is -0.0522. The Morgan fingerprint density at radius 1 is 1.44 bits per heavy atom. The van der Waals surface area contributed by atoms with Crippen LogP contribution in [-0.2, 0) is 4.79 Å². The third-order valence-corrected chi connectivity index (χ3v) is 4.42. The summed E-state index contributed by atoms with van der Waals surface area (Å²) in [4.78, 5) is 12.2. The van der Waals surface area contributed by atoms with Crippen molar-refractivity contribution >= 4 is 5.91 Å². The molecule has 0 spiro atoms. The van der Waals surface area contributed by atoms with Crippen LogP contribution in [0, 0.1) is 23.2 Å². The zero-order valence-electron chi connectivity index (χ0n) is 11.1. The SMILES string of the molecule is CCC1CCNC(C(=O)NC2CCCC2C#N)C1. The molecule has 1 amide bonds. The predicted octanol–water partition coefficient (Wildman–Crippen LogP) is 1.57. The molecule has 2 rings (SSSR count). The highest BCUT2D eigenvalue weighted by molar-refractivity contribution is 5.82. The number of hydrogen-bond donors (Lipinski definition) is 2. The molecule has 2 fully saturated rings. The highest BCUT2D eigenvalue weighted by Gasteiger charge is 2.32. The van der Waals surface area contributed by atoms with Gasteiger partial charge >= 0.3 is 0 Å². The van der Waals surface area contributed by atoms with Gasteiger partial charge < -0.3 is 10.6 Å². The van der Waals surface area contributed by atoms with Gasteiger partial charge in [-0.2, -0.15) is 5.26 Å². The van der Waals surface area contributed by atoms with Crippen LogP contribution in [0.4, 0.5) is 0 Å². The van der Waals surface area contributed by atoms with Gasteiger partial charge in [0.05, 0.1) is 18.0 Å². The normalized spacial score (nSPS) is 36.0. The molecule has 2 aliphatic rings. The quantitative estimate of drug-likeness (QED) is 0.798. The molecule has 0 aromatic rings. The summed E-state index contributed by atoms with van der Waals surface area (Å²) in [7, 11) is 0. The summed E-state index contributed by atoms with van der Waals surface area (Å²) < 4.78 is 0. The summed E-state index contributed by atoms with van der Waals surface area (Å²) in [6.07, 6.45) is 6.19. The second-order valence-electron chi connectivity index (χ2n) is 5.59. The Hall–Kier alpha value is -1.08. The molecule has 4 heteroatoms. The van der Waals surface area contributed by atoms with Gasteiger partial charge in [0, 0.05) is 6.04 Å². The molecule has 1 saturated carbocycles. The van der Waals surface area contributed by atoms with Crippen LogP contribution in [0.25, 0.3) is 0 Å². The molecule has 0 radical (unpaired) electrons. The molecule has 1 aliphatic heterocycles. The molecule has 4 unspecified atom stereocenters. The molecule has 4 nitrogen and oxygen atoms in total. The van der Waals surface area contributed by atoms with Crippen LogP contribution in [0.5, 0.6) is 0 Å². The van der Waals surface area contributed by atoms with Crippen LogP contribution in [-0.4, -0.2) is 24.5 Å². The van der Waals surface area contributed by atoms with E-state index < -0.39 is 0 Å². The van der Waals surface area contributed by atoms with E-state index in [-0.39, 0.29) is 23.9 Å². The van der Waals surface area contributed by atoms with E-state index in [1.807, 2.05) is 0 Å². The van der Waals surface area contributed by atoms with Crippen molar-refractivity contribution in [3.63, 3.8) is 0 Å². The van der Waals surface area contributed by atoms with Crippen molar-refractivity contribution in [1.29, 1.82) is 5.26 Å². The number of carbonyl (C=O) groups excluding carboxylic acids is 1. The molecule has 0 aromatic heterocycles. The first-order valence-corrected chi connectivity index (χ1v) is 7.18. The standard InChI is InChI=1S/C14H23N3O/c1-2-10-6-7-16-13(8-10)14(18)17-12-5-3-4-11(12)9-15/h10-13,16H,2-8H2,1H3,(H,17,18). The Morgan fingerprint density at radius 2 is 2.28 bits per heavy atom. The first kappa shape index (κ1) is 13.4. The number of hydrogen-bond acceptors (Lipinski definition) is 3. The van der Waals surface area contributed by atoms with Gasteiger partial charge in [-0.3, -0.25) is 4.79 Å². The first-order valence-electron chi connectivity index (χ1n) is 7.18. The van der Waals surface area contributed by atoms with Crippen molar-refractivity contribution in [1.82, 2.24) is 10.6 Å². The molecule has 1 saturated heterocycles. The third kappa shape index (κ3) is 3.02. The summed E-state index contributed by atoms with van der Waals surface area (Å²) in [6, 6.07) is 2.33. The molecule has 0 aromatic carbocycles. The van der Waals surface area contributed by atoms with Gasteiger partial charge in [0.1, 0.15) is 0 Å². The minimum Gasteiger partial charge on any atom is -0.351 e. The molecule has 100 valence electrons. The number of amides is 1. The molecule has 1 aliphatic carbocycles. The predicted molar refractivity (Wildman–Crippen MR) is 69.7 cm³/mol. The Labute approximate surface area is 109 Å². The van der Waals surface area contributed by atoms with Gasteiger partial charge in [-0.05, 0) is 44.6 Å². The Balaban J connectivity index is 1.86. The second-order valence-corrected chi connectivity index (χ2v) is 5.59. The van der Waals surface area contributed by atoms with Gasteiger partial charge in [-0.1, -0.05) is 13.3 Å². The maximum atomic E-state index is 12.2. The van der Waals surface area contributed by atoms with Crippen molar-refractivity contribution in [3.8, 4) is 6.07 Å². The molecular formula is C14H23N3O. The van der Waals surface area contributed by atoms with E-state index >= 15 is 0 Å². The second kappa shape index (κ2) is 6.19. The van der Waals surface area contributed by atoms with Crippen molar-refractivity contribution in [2.24, 2.45) is 11.8 Å². The zero-order valence-corrected chi connectivity index (χ0v) is 11.1. The smallest absolute Gasteiger partial charge is 0.237 e. The summed E-state index contributed by atoms with van der Waals surface area (Å²) in [5, 5.41) is 15.4. The molecule has 18 heavy (non-hydrogen) atoms. The Bertz CT molecular complexity index is 336. The van der Waals surface area contributed by atoms with Gasteiger partial charge in [0.15, 0.2) is 0 Å². The number of carbonyl (C=O) groups is 1. The van der Waals surface area contributed by atoms with Crippen LogP contribution >= 0.6 is 0 Å². The van der Waals surface area contributed by atoms with Crippen LogP contribution in [0.15, 0.2) is 0 Å². The minimum absolute atomic E-state index is 0.0134. The molecule has 2 N–H and O–H groups in total. The molecule has 0 bridgehead atoms. The lowest BCUT2D eigenvalue weighted by atomic mass is 9.90. The third-order valence-electron chi connectivity index (χ3n) is 4.42. The van der Waals surface area contributed by atoms with Gasteiger partial charge in [-0.15, -0.1) is 0 Å². The fourth-order valence-corrected chi connectivity index (χ4v) is 3.14. The number of rotatable bonds is 3. The summed E-state index contributed by atoms with van der Waals surface area (Å²) in [6.45, 7) is 3.12. The highest BCUT2D eigenvalue weighted by atomic mass is 16.2. The highest BCUT2D eigenvalue weighted by Crippen LogP contribution is 2.25. The molecular weight excluding hydrogens is 226 g/mol. The van der Waals surface area contributed by atoms with Crippen molar-refractivity contribution in [2.75, 3.05) is 6.54 Å². The number of nitriles is 1. The topological polar surface area (TPSA) is 64.9 Å². The maximum Gasteiger partial charge on any atom is 0.237 e. The van der Waals surface area contributed by atoms with Crippen LogP contribution in [0.3, 0.4) is 0 Å². The van der Waals surface area contributed by atoms with Crippen molar-refractivity contribution < 1.29 is 4.79 Å². The lowest BCUT2D eigenvalue weighted by molar-refractivity contribution is -0.124. The monoisotopic (exact) mass is 249 g/mol. The number of piperidine rings is 1. The summed E-state index contributed by atoms with van der Waals surface area (Å²) in [5.74, 6) is 0.775. The lowest BCUT2D eigenvalue weighted by Crippen LogP contribution is -2.51. The largest absolute Gasteiger partial charge is 0.351 e. The number of nitrogens with one attached hydrogen (secondary N) is 2. The van der Waals surface area contributed by atoms with E-state index in [1.165, 1.54) is 6.42 Å². The first-order chi connectivity index (χ1) is 8.74. The van der Waals surface area contributed by atoms with E-state index in [2.05, 4.69) is 23.6 Å². The van der Waals surface area contributed by atoms with Crippen LogP contribution < -0.4 is 10.6 Å². The summed E-state index contributed by atoms with van der Waals surface area (Å²) in [5.41, 5.74) is 0. The lowest BCUT2D eigenvalue weighted by Gasteiger charge is -2.30. The van der Waals surface area contributed by atoms with E-state index in [9.17, 15) is 4.79 Å². The average Bonchev–Trinajstić information content (AvgIpc) is 2.86. The average molecular weight is 249 g/mol. The fourth-order valence-electron chi connectivity index (χ4n) is 3.14. The van der Waals surface area contributed by atoms with Gasteiger partial charge in [0.25, 0.3) is 0 Å². The zero-order chi connectivity index (χ0) is 13.0. The van der Waals surface area contributed by atoms with E-state index in [0.29, 0.717) is 5.92 Å². The van der Waals surface area contributed by atoms with Crippen LogP contribution in [0.2, 0.25) is 0 Å². The maximum absolute atomic E-state index is 12.2. The van der Waals surface area contributed by atoms with E-state index in [0.717, 1.165) is 38.6 Å². The van der Waals surface area contributed by atoms with Gasteiger partial charge in [0.2, 0.25) is 5.91 Å². The van der Waals surface area contributed by atoms with E-state index in [1.54, 1.807) is 0 Å². The van der Waals surface area contributed by atoms with Crippen molar-refractivity contribution in [3.05, 3.63) is 0 Å². The molecule has 4 atom stereocenters. The van der Waals surface area contributed by atoms with E-state index in [4.69, 9.17) is 5.26 Å². The summed E-state index contributed by atoms with van der Waals surface area (Å²) >= 11 is 0. The molecule has 1 heterocycles. The Morgan fingerprint density at radius 3 is 3.00 bits per heavy atom.